The first-order valence-electron chi connectivity index (χ1n) is 7.12. The molecule has 120 valence electrons. The van der Waals surface area contributed by atoms with Gasteiger partial charge in [0.2, 0.25) is 5.91 Å². The van der Waals surface area contributed by atoms with E-state index in [1.165, 1.54) is 12.5 Å². The summed E-state index contributed by atoms with van der Waals surface area (Å²) in [5.41, 5.74) is 1.24. The Morgan fingerprint density at radius 3 is 2.59 bits per heavy atom. The van der Waals surface area contributed by atoms with E-state index in [1.54, 1.807) is 0 Å². The summed E-state index contributed by atoms with van der Waals surface area (Å²) >= 11 is 1.81. The summed E-state index contributed by atoms with van der Waals surface area (Å²) in [6, 6.07) is 10.4. The van der Waals surface area contributed by atoms with Crippen LogP contribution in [0.5, 0.6) is 0 Å². The van der Waals surface area contributed by atoms with Gasteiger partial charge in [0, 0.05) is 20.0 Å². The number of hydrogen-bond donors (Lipinski definition) is 0. The number of carbonyl (C=O) groups is 1. The molecule has 0 saturated carbocycles. The van der Waals surface area contributed by atoms with E-state index in [4.69, 9.17) is 4.74 Å². The SMILES string of the molecule is CC(=O)N=C1CSC(c2ccccc2)N1N1CCOCC1.Cl. The molecule has 0 N–H and O–H groups in total. The first kappa shape index (κ1) is 17.3. The highest BCUT2D eigenvalue weighted by atomic mass is 35.5. The number of hydrogen-bond acceptors (Lipinski definition) is 4. The van der Waals surface area contributed by atoms with Crippen molar-refractivity contribution in [2.75, 3.05) is 32.1 Å². The molecule has 3 rings (SSSR count). The number of thioether (sulfide) groups is 1. The van der Waals surface area contributed by atoms with Crippen molar-refractivity contribution < 1.29 is 9.53 Å². The van der Waals surface area contributed by atoms with E-state index in [0.29, 0.717) is 0 Å². The molecule has 5 nitrogen and oxygen atoms in total. The second-order valence-electron chi connectivity index (χ2n) is 5.03. The van der Waals surface area contributed by atoms with Crippen molar-refractivity contribution in [3.8, 4) is 0 Å². The predicted molar refractivity (Wildman–Crippen MR) is 91.2 cm³/mol. The number of ether oxygens (including phenoxy) is 1. The third-order valence-corrected chi connectivity index (χ3v) is 4.73. The van der Waals surface area contributed by atoms with Gasteiger partial charge in [-0.05, 0) is 5.56 Å². The smallest absolute Gasteiger partial charge is 0.244 e. The van der Waals surface area contributed by atoms with Gasteiger partial charge in [-0.15, -0.1) is 24.2 Å². The van der Waals surface area contributed by atoms with Crippen LogP contribution >= 0.6 is 24.2 Å². The first-order valence-corrected chi connectivity index (χ1v) is 8.17. The molecule has 2 aliphatic rings. The normalized spacial score (nSPS) is 24.3. The molecule has 0 spiro atoms. The van der Waals surface area contributed by atoms with Gasteiger partial charge < -0.3 is 4.74 Å². The van der Waals surface area contributed by atoms with Crippen molar-refractivity contribution >= 4 is 35.9 Å². The van der Waals surface area contributed by atoms with Crippen LogP contribution in [0.3, 0.4) is 0 Å². The van der Waals surface area contributed by atoms with Gasteiger partial charge in [-0.1, -0.05) is 30.3 Å². The van der Waals surface area contributed by atoms with Crippen molar-refractivity contribution in [1.29, 1.82) is 0 Å². The highest BCUT2D eigenvalue weighted by molar-refractivity contribution is 8.00. The Morgan fingerprint density at radius 2 is 1.95 bits per heavy atom. The number of benzene rings is 1. The lowest BCUT2D eigenvalue weighted by Crippen LogP contribution is -2.50. The zero-order chi connectivity index (χ0) is 14.7. The molecule has 1 aromatic rings. The molecule has 0 radical (unpaired) electrons. The number of halogens is 1. The van der Waals surface area contributed by atoms with E-state index in [-0.39, 0.29) is 23.7 Å². The third kappa shape index (κ3) is 3.81. The minimum Gasteiger partial charge on any atom is -0.379 e. The molecule has 1 amide bonds. The van der Waals surface area contributed by atoms with Gasteiger partial charge in [-0.25, -0.2) is 5.01 Å². The number of nitrogens with zero attached hydrogens (tertiary/aromatic N) is 3. The van der Waals surface area contributed by atoms with Gasteiger partial charge in [-0.3, -0.25) is 9.80 Å². The average molecular weight is 342 g/mol. The summed E-state index contributed by atoms with van der Waals surface area (Å²) < 4.78 is 5.43. The number of amidine groups is 1. The molecule has 7 heteroatoms. The summed E-state index contributed by atoms with van der Waals surface area (Å²) in [5, 5.41) is 4.62. The molecule has 2 fully saturated rings. The molecule has 1 aromatic carbocycles. The van der Waals surface area contributed by atoms with E-state index in [1.807, 2.05) is 30.0 Å². The number of rotatable bonds is 2. The molecule has 1 atom stereocenters. The number of amides is 1. The zero-order valence-corrected chi connectivity index (χ0v) is 14.1. The number of morpholine rings is 1. The third-order valence-electron chi connectivity index (χ3n) is 3.52. The van der Waals surface area contributed by atoms with Crippen molar-refractivity contribution in [2.24, 2.45) is 4.99 Å². The number of hydrazine groups is 1. The molecule has 2 saturated heterocycles. The Bertz CT molecular complexity index is 535. The van der Waals surface area contributed by atoms with Crippen LogP contribution in [-0.4, -0.2) is 53.8 Å². The molecular weight excluding hydrogens is 322 g/mol. The molecule has 0 bridgehead atoms. The van der Waals surface area contributed by atoms with Crippen LogP contribution in [0.15, 0.2) is 35.3 Å². The first-order chi connectivity index (χ1) is 10.3. The maximum Gasteiger partial charge on any atom is 0.244 e. The van der Waals surface area contributed by atoms with E-state index >= 15 is 0 Å². The lowest BCUT2D eigenvalue weighted by Gasteiger charge is -2.39. The van der Waals surface area contributed by atoms with E-state index in [0.717, 1.165) is 37.9 Å². The predicted octanol–water partition coefficient (Wildman–Crippen LogP) is 2.35. The molecule has 1 unspecified atom stereocenters. The van der Waals surface area contributed by atoms with Gasteiger partial charge in [0.25, 0.3) is 0 Å². The second-order valence-corrected chi connectivity index (χ2v) is 6.10. The van der Waals surface area contributed by atoms with Crippen molar-refractivity contribution in [3.05, 3.63) is 35.9 Å². The fourth-order valence-corrected chi connectivity index (χ4v) is 3.88. The minimum atomic E-state index is -0.141. The molecule has 22 heavy (non-hydrogen) atoms. The van der Waals surface area contributed by atoms with Gasteiger partial charge in [-0.2, -0.15) is 4.99 Å². The van der Waals surface area contributed by atoms with E-state index in [9.17, 15) is 4.79 Å². The topological polar surface area (TPSA) is 45.1 Å². The monoisotopic (exact) mass is 341 g/mol. The lowest BCUT2D eigenvalue weighted by molar-refractivity contribution is -0.116. The summed E-state index contributed by atoms with van der Waals surface area (Å²) in [6.07, 6.45) is 0. The van der Waals surface area contributed by atoms with Crippen LogP contribution in [-0.2, 0) is 9.53 Å². The Labute approximate surface area is 141 Å². The fourth-order valence-electron chi connectivity index (χ4n) is 2.63. The van der Waals surface area contributed by atoms with Crippen LogP contribution in [0.1, 0.15) is 17.9 Å². The maximum absolute atomic E-state index is 11.4. The minimum absolute atomic E-state index is 0. The average Bonchev–Trinajstić information content (AvgIpc) is 2.92. The van der Waals surface area contributed by atoms with Crippen molar-refractivity contribution in [2.45, 2.75) is 12.3 Å². The Morgan fingerprint density at radius 1 is 1.27 bits per heavy atom. The van der Waals surface area contributed by atoms with Crippen LogP contribution < -0.4 is 0 Å². The van der Waals surface area contributed by atoms with Gasteiger partial charge in [0.1, 0.15) is 11.2 Å². The van der Waals surface area contributed by atoms with Crippen molar-refractivity contribution in [3.63, 3.8) is 0 Å². The van der Waals surface area contributed by atoms with E-state index < -0.39 is 0 Å². The number of carbonyl (C=O) groups excluding carboxylic acids is 1. The van der Waals surface area contributed by atoms with Crippen LogP contribution in [0.25, 0.3) is 0 Å². The van der Waals surface area contributed by atoms with Crippen molar-refractivity contribution in [1.82, 2.24) is 10.0 Å². The summed E-state index contributed by atoms with van der Waals surface area (Å²) in [7, 11) is 0. The Kier molecular flexibility index (Phi) is 6.26. The zero-order valence-electron chi connectivity index (χ0n) is 12.5. The van der Waals surface area contributed by atoms with Crippen LogP contribution in [0.2, 0.25) is 0 Å². The fraction of sp³-hybridized carbons (Fsp3) is 0.467. The quantitative estimate of drug-likeness (QED) is 0.826. The lowest BCUT2D eigenvalue weighted by atomic mass is 10.2. The standard InChI is InChI=1S/C15H19N3O2S.ClH/c1-12(19)16-14-11-21-15(13-5-3-2-4-6-13)18(14)17-7-9-20-10-8-17;/h2-6,15H,7-11H2,1H3;1H. The maximum atomic E-state index is 11.4. The second kappa shape index (κ2) is 7.97. The molecule has 0 aliphatic carbocycles. The van der Waals surface area contributed by atoms with Gasteiger partial charge in [0.05, 0.1) is 19.0 Å². The van der Waals surface area contributed by atoms with E-state index in [2.05, 4.69) is 27.1 Å². The highest BCUT2D eigenvalue weighted by Gasteiger charge is 2.36. The molecule has 2 aliphatic heterocycles. The van der Waals surface area contributed by atoms with Gasteiger partial charge in [0.15, 0.2) is 0 Å². The summed E-state index contributed by atoms with van der Waals surface area (Å²) in [6.45, 7) is 4.61. The number of aliphatic imine (C=N–C) groups is 1. The van der Waals surface area contributed by atoms with Crippen LogP contribution in [0.4, 0.5) is 0 Å². The molecule has 2 heterocycles. The summed E-state index contributed by atoms with van der Waals surface area (Å²) in [5.74, 6) is 1.47. The molecular formula is C15H20ClN3O2S. The van der Waals surface area contributed by atoms with Crippen LogP contribution in [0, 0.1) is 0 Å². The largest absolute Gasteiger partial charge is 0.379 e. The van der Waals surface area contributed by atoms with Gasteiger partial charge >= 0.3 is 0 Å². The Hall–Kier alpha value is -1.08. The highest BCUT2D eigenvalue weighted by Crippen LogP contribution is 2.40. The summed E-state index contributed by atoms with van der Waals surface area (Å²) in [4.78, 5) is 15.6. The Balaban J connectivity index is 0.00000176. The molecule has 0 aromatic heterocycles.